The first-order valence-corrected chi connectivity index (χ1v) is 11.2. The van der Waals surface area contributed by atoms with Gasteiger partial charge in [0.05, 0.1) is 0 Å². The van der Waals surface area contributed by atoms with Crippen molar-refractivity contribution in [2.24, 2.45) is 11.8 Å². The number of hydrogen-bond donors (Lipinski definition) is 2. The Morgan fingerprint density at radius 3 is 2.00 bits per heavy atom. The molecule has 7 nitrogen and oxygen atoms in total. The smallest absolute Gasteiger partial charge is 0.408 e. The van der Waals surface area contributed by atoms with Crippen molar-refractivity contribution in [1.82, 2.24) is 10.6 Å². The van der Waals surface area contributed by atoms with E-state index in [1.165, 1.54) is 0 Å². The number of carbonyl (C=O) groups is 3. The molecule has 1 unspecified atom stereocenters. The van der Waals surface area contributed by atoms with Gasteiger partial charge in [-0.15, -0.1) is 0 Å². The molecule has 0 aliphatic rings. The molecule has 0 aromatic carbocycles. The Hall–Kier alpha value is -2.57. The fraction of sp³-hybridized carbons (Fsp3) is 0.640. The van der Waals surface area contributed by atoms with Crippen molar-refractivity contribution in [2.45, 2.75) is 85.9 Å². The van der Waals surface area contributed by atoms with Gasteiger partial charge in [0.1, 0.15) is 24.3 Å². The SMILES string of the molecule is C=C/C=C\C=C(/C)COC(=O)[C@H](CC(C)C)NC(=O)C(CC(C)C)NC(=O)OC(C)(C)C. The van der Waals surface area contributed by atoms with Crippen LogP contribution < -0.4 is 10.6 Å². The molecule has 0 aliphatic heterocycles. The standard InChI is InChI=1S/C25H42N2O5/c1-10-11-12-13-19(6)16-31-23(29)21(15-18(4)5)26-22(28)20(14-17(2)3)27-24(30)32-25(7,8)9/h10-13,17-18,20-21H,1,14-16H2,2-9H3,(H,26,28)(H,27,30)/b12-11-,19-13+/t20?,21-/m0/s1. The number of esters is 1. The van der Waals surface area contributed by atoms with Crippen LogP contribution in [-0.4, -0.2) is 42.3 Å². The van der Waals surface area contributed by atoms with E-state index in [4.69, 9.17) is 9.47 Å². The Morgan fingerprint density at radius 1 is 0.938 bits per heavy atom. The lowest BCUT2D eigenvalue weighted by Crippen LogP contribution is -2.53. The second-order valence-corrected chi connectivity index (χ2v) is 9.76. The van der Waals surface area contributed by atoms with Crippen LogP contribution in [0.25, 0.3) is 0 Å². The van der Waals surface area contributed by atoms with Crippen LogP contribution in [0, 0.1) is 11.8 Å². The monoisotopic (exact) mass is 450 g/mol. The van der Waals surface area contributed by atoms with Crippen LogP contribution in [0.4, 0.5) is 4.79 Å². The largest absolute Gasteiger partial charge is 0.460 e. The number of hydrogen-bond acceptors (Lipinski definition) is 5. The summed E-state index contributed by atoms with van der Waals surface area (Å²) in [6.45, 7) is 18.7. The van der Waals surface area contributed by atoms with Gasteiger partial charge < -0.3 is 20.1 Å². The molecule has 0 saturated carbocycles. The molecule has 0 spiro atoms. The van der Waals surface area contributed by atoms with E-state index in [0.29, 0.717) is 12.8 Å². The molecule has 0 radical (unpaired) electrons. The topological polar surface area (TPSA) is 93.7 Å². The number of carbonyl (C=O) groups excluding carboxylic acids is 3. The molecule has 2 amide bonds. The van der Waals surface area contributed by atoms with Gasteiger partial charge in [0.2, 0.25) is 5.91 Å². The quantitative estimate of drug-likeness (QED) is 0.332. The Kier molecular flexibility index (Phi) is 13.3. The van der Waals surface area contributed by atoms with Gasteiger partial charge in [-0.3, -0.25) is 4.79 Å². The first kappa shape index (κ1) is 29.4. The molecule has 0 saturated heterocycles. The van der Waals surface area contributed by atoms with E-state index in [9.17, 15) is 14.4 Å². The maximum atomic E-state index is 13.0. The molecule has 182 valence electrons. The van der Waals surface area contributed by atoms with Gasteiger partial charge >= 0.3 is 12.1 Å². The Labute approximate surface area is 193 Å². The predicted molar refractivity (Wildman–Crippen MR) is 128 cm³/mol. The van der Waals surface area contributed by atoms with E-state index >= 15 is 0 Å². The van der Waals surface area contributed by atoms with Gasteiger partial charge in [-0.25, -0.2) is 9.59 Å². The van der Waals surface area contributed by atoms with Gasteiger partial charge in [0, 0.05) is 0 Å². The highest BCUT2D eigenvalue weighted by Crippen LogP contribution is 2.12. The molecule has 0 heterocycles. The van der Waals surface area contributed by atoms with Crippen molar-refractivity contribution in [3.8, 4) is 0 Å². The van der Waals surface area contributed by atoms with Gasteiger partial charge in [-0.05, 0) is 57.9 Å². The van der Waals surface area contributed by atoms with E-state index in [0.717, 1.165) is 5.57 Å². The van der Waals surface area contributed by atoms with E-state index in [1.807, 2.05) is 46.8 Å². The fourth-order valence-corrected chi connectivity index (χ4v) is 2.74. The summed E-state index contributed by atoms with van der Waals surface area (Å²) in [5.74, 6) is -0.642. The summed E-state index contributed by atoms with van der Waals surface area (Å²) in [4.78, 5) is 37.9. The molecule has 2 N–H and O–H groups in total. The Balaban J connectivity index is 5.27. The molecule has 0 aliphatic carbocycles. The molecule has 0 aromatic heterocycles. The highest BCUT2D eigenvalue weighted by molar-refractivity contribution is 5.89. The highest BCUT2D eigenvalue weighted by atomic mass is 16.6. The molecular formula is C25H42N2O5. The molecule has 0 fully saturated rings. The van der Waals surface area contributed by atoms with Gasteiger partial charge in [0.25, 0.3) is 0 Å². The van der Waals surface area contributed by atoms with Crippen molar-refractivity contribution in [2.75, 3.05) is 6.61 Å². The minimum absolute atomic E-state index is 0.121. The van der Waals surface area contributed by atoms with Crippen LogP contribution >= 0.6 is 0 Å². The summed E-state index contributed by atoms with van der Waals surface area (Å²) in [6, 6.07) is -1.63. The average molecular weight is 451 g/mol. The molecule has 0 rings (SSSR count). The maximum Gasteiger partial charge on any atom is 0.408 e. The lowest BCUT2D eigenvalue weighted by atomic mass is 10.0. The van der Waals surface area contributed by atoms with Crippen LogP contribution in [0.5, 0.6) is 0 Å². The van der Waals surface area contributed by atoms with E-state index in [2.05, 4.69) is 17.2 Å². The summed E-state index contributed by atoms with van der Waals surface area (Å²) in [5.41, 5.74) is 0.175. The second kappa shape index (κ2) is 14.5. The maximum absolute atomic E-state index is 13.0. The van der Waals surface area contributed by atoms with Crippen LogP contribution in [-0.2, 0) is 19.1 Å². The van der Waals surface area contributed by atoms with E-state index in [1.54, 1.807) is 32.9 Å². The number of rotatable bonds is 12. The number of allylic oxidation sites excluding steroid dienone is 4. The van der Waals surface area contributed by atoms with Crippen molar-refractivity contribution in [3.63, 3.8) is 0 Å². The summed E-state index contributed by atoms with van der Waals surface area (Å²) in [5, 5.41) is 5.40. The summed E-state index contributed by atoms with van der Waals surface area (Å²) < 4.78 is 10.7. The molecular weight excluding hydrogens is 408 g/mol. The van der Waals surface area contributed by atoms with E-state index < -0.39 is 35.7 Å². The van der Waals surface area contributed by atoms with Crippen molar-refractivity contribution in [3.05, 3.63) is 36.5 Å². The van der Waals surface area contributed by atoms with Crippen LogP contribution in [0.1, 0.15) is 68.2 Å². The normalized spacial score (nSPS) is 14.2. The fourth-order valence-electron chi connectivity index (χ4n) is 2.74. The third-order valence-corrected chi connectivity index (χ3v) is 4.09. The van der Waals surface area contributed by atoms with Crippen molar-refractivity contribution < 1.29 is 23.9 Å². The zero-order valence-electron chi connectivity index (χ0n) is 21.0. The van der Waals surface area contributed by atoms with Gasteiger partial charge in [-0.1, -0.05) is 58.6 Å². The summed E-state index contributed by atoms with van der Waals surface area (Å²) >= 11 is 0. The first-order valence-electron chi connectivity index (χ1n) is 11.2. The zero-order chi connectivity index (χ0) is 24.9. The first-order chi connectivity index (χ1) is 14.7. The number of nitrogens with one attached hydrogen (secondary N) is 2. The molecule has 32 heavy (non-hydrogen) atoms. The molecule has 0 aromatic rings. The number of alkyl carbamates (subject to hydrolysis) is 1. The third-order valence-electron chi connectivity index (χ3n) is 4.09. The Morgan fingerprint density at radius 2 is 1.50 bits per heavy atom. The third kappa shape index (κ3) is 14.4. The molecule has 7 heteroatoms. The average Bonchev–Trinajstić information content (AvgIpc) is 2.62. The van der Waals surface area contributed by atoms with E-state index in [-0.39, 0.29) is 18.4 Å². The van der Waals surface area contributed by atoms with Crippen molar-refractivity contribution in [1.29, 1.82) is 0 Å². The Bertz CT molecular complexity index is 687. The lowest BCUT2D eigenvalue weighted by Gasteiger charge is -2.26. The number of ether oxygens (including phenoxy) is 2. The highest BCUT2D eigenvalue weighted by Gasteiger charge is 2.30. The molecule has 0 bridgehead atoms. The summed E-state index contributed by atoms with van der Waals surface area (Å²) in [6.07, 6.45) is 7.23. The lowest BCUT2D eigenvalue weighted by molar-refractivity contribution is -0.147. The summed E-state index contributed by atoms with van der Waals surface area (Å²) in [7, 11) is 0. The predicted octanol–water partition coefficient (Wildman–Crippen LogP) is 4.69. The van der Waals surface area contributed by atoms with Crippen molar-refractivity contribution >= 4 is 18.0 Å². The van der Waals surface area contributed by atoms with Gasteiger partial charge in [0.15, 0.2) is 0 Å². The zero-order valence-corrected chi connectivity index (χ0v) is 21.0. The van der Waals surface area contributed by atoms with Gasteiger partial charge in [-0.2, -0.15) is 0 Å². The van der Waals surface area contributed by atoms with Crippen LogP contribution in [0.2, 0.25) is 0 Å². The van der Waals surface area contributed by atoms with Crippen LogP contribution in [0.15, 0.2) is 36.5 Å². The number of amides is 2. The van der Waals surface area contributed by atoms with Crippen LogP contribution in [0.3, 0.4) is 0 Å². The minimum Gasteiger partial charge on any atom is -0.460 e. The minimum atomic E-state index is -0.821. The molecule has 2 atom stereocenters. The second-order valence-electron chi connectivity index (χ2n) is 9.76.